The molecular weight excluding hydrogens is 252 g/mol. The second-order valence-electron chi connectivity index (χ2n) is 4.78. The van der Waals surface area contributed by atoms with Gasteiger partial charge in [-0.2, -0.15) is 0 Å². The average molecular weight is 274 g/mol. The maximum absolute atomic E-state index is 3.45. The second kappa shape index (κ2) is 7.97. The van der Waals surface area contributed by atoms with Crippen LogP contribution in [0.25, 0.3) is 0 Å². The molecule has 1 heterocycles. The molecule has 102 valence electrons. The van der Waals surface area contributed by atoms with E-state index in [1.807, 2.05) is 17.4 Å². The highest BCUT2D eigenvalue weighted by Gasteiger charge is 2.00. The summed E-state index contributed by atoms with van der Waals surface area (Å²) in [7, 11) is 2.20. The summed E-state index contributed by atoms with van der Waals surface area (Å²) in [4.78, 5) is 3.89. The summed E-state index contributed by atoms with van der Waals surface area (Å²) in [5.41, 5.74) is 1.21. The van der Waals surface area contributed by atoms with Gasteiger partial charge in [-0.3, -0.25) is 0 Å². The summed E-state index contributed by atoms with van der Waals surface area (Å²) in [6.45, 7) is 3.32. The molecule has 0 aliphatic carbocycles. The van der Waals surface area contributed by atoms with Crippen LogP contribution in [0.3, 0.4) is 0 Å². The lowest BCUT2D eigenvalue weighted by atomic mass is 10.3. The number of hydrogen-bond donors (Lipinski definition) is 1. The zero-order chi connectivity index (χ0) is 13.3. The van der Waals surface area contributed by atoms with Crippen LogP contribution in [0.5, 0.6) is 0 Å². The standard InChI is InChI=1S/C16H22N2S/c1-18(13-10-16-9-5-14-19-16)12-6-11-17-15-7-3-2-4-8-15/h2-5,7-9,14,17H,6,10-13H2,1H3. The quantitative estimate of drug-likeness (QED) is 0.738. The maximum atomic E-state index is 3.45. The lowest BCUT2D eigenvalue weighted by Gasteiger charge is -2.16. The van der Waals surface area contributed by atoms with Crippen molar-refractivity contribution >= 4 is 17.0 Å². The fraction of sp³-hybridized carbons (Fsp3) is 0.375. The number of para-hydroxylation sites is 1. The molecule has 0 bridgehead atoms. The molecule has 0 atom stereocenters. The Bertz CT molecular complexity index is 439. The number of likely N-dealkylation sites (N-methyl/N-ethyl adjacent to an activating group) is 1. The molecule has 2 nitrogen and oxygen atoms in total. The molecule has 1 aromatic heterocycles. The van der Waals surface area contributed by atoms with Crippen molar-refractivity contribution in [2.75, 3.05) is 32.0 Å². The van der Waals surface area contributed by atoms with Gasteiger partial charge in [0.05, 0.1) is 0 Å². The van der Waals surface area contributed by atoms with Gasteiger partial charge in [0.1, 0.15) is 0 Å². The van der Waals surface area contributed by atoms with Crippen LogP contribution in [-0.2, 0) is 6.42 Å². The van der Waals surface area contributed by atoms with Gasteiger partial charge in [-0.15, -0.1) is 11.3 Å². The van der Waals surface area contributed by atoms with Crippen molar-refractivity contribution in [3.05, 3.63) is 52.7 Å². The van der Waals surface area contributed by atoms with E-state index in [4.69, 9.17) is 0 Å². The van der Waals surface area contributed by atoms with Crippen LogP contribution in [0.2, 0.25) is 0 Å². The molecule has 2 rings (SSSR count). The van der Waals surface area contributed by atoms with Gasteiger partial charge in [0.15, 0.2) is 0 Å². The number of nitrogens with one attached hydrogen (secondary N) is 1. The van der Waals surface area contributed by atoms with E-state index in [-0.39, 0.29) is 0 Å². The Morgan fingerprint density at radius 3 is 2.63 bits per heavy atom. The smallest absolute Gasteiger partial charge is 0.0340 e. The van der Waals surface area contributed by atoms with Crippen LogP contribution in [0.4, 0.5) is 5.69 Å². The number of hydrogen-bond acceptors (Lipinski definition) is 3. The lowest BCUT2D eigenvalue weighted by molar-refractivity contribution is 0.338. The first-order valence-electron chi connectivity index (χ1n) is 6.84. The van der Waals surface area contributed by atoms with Crippen molar-refractivity contribution in [1.29, 1.82) is 0 Å². The summed E-state index contributed by atoms with van der Waals surface area (Å²) >= 11 is 1.85. The number of benzene rings is 1. The third kappa shape index (κ3) is 5.45. The average Bonchev–Trinajstić information content (AvgIpc) is 2.96. The minimum absolute atomic E-state index is 1.04. The van der Waals surface area contributed by atoms with Crippen molar-refractivity contribution in [2.45, 2.75) is 12.8 Å². The van der Waals surface area contributed by atoms with Crippen molar-refractivity contribution < 1.29 is 0 Å². The minimum Gasteiger partial charge on any atom is -0.385 e. The molecule has 0 saturated carbocycles. The van der Waals surface area contributed by atoms with E-state index in [1.165, 1.54) is 23.4 Å². The Morgan fingerprint density at radius 2 is 1.89 bits per heavy atom. The summed E-state index contributed by atoms with van der Waals surface area (Å²) < 4.78 is 0. The number of anilines is 1. The molecule has 3 heteroatoms. The van der Waals surface area contributed by atoms with Crippen LogP contribution in [0.1, 0.15) is 11.3 Å². The Labute approximate surface area is 120 Å². The highest BCUT2D eigenvalue weighted by Crippen LogP contribution is 2.09. The SMILES string of the molecule is CN(CCCNc1ccccc1)CCc1cccs1. The van der Waals surface area contributed by atoms with Gasteiger partial charge in [0, 0.05) is 23.7 Å². The van der Waals surface area contributed by atoms with Crippen LogP contribution in [0.15, 0.2) is 47.8 Å². The minimum atomic E-state index is 1.04. The van der Waals surface area contributed by atoms with E-state index >= 15 is 0 Å². The molecule has 0 amide bonds. The summed E-state index contributed by atoms with van der Waals surface area (Å²) in [5, 5.41) is 5.60. The third-order valence-corrected chi connectivity index (χ3v) is 4.08. The number of thiophene rings is 1. The van der Waals surface area contributed by atoms with Crippen molar-refractivity contribution in [1.82, 2.24) is 4.90 Å². The molecule has 0 saturated heterocycles. The summed E-state index contributed by atoms with van der Waals surface area (Å²) in [5.74, 6) is 0. The van der Waals surface area contributed by atoms with Crippen molar-refractivity contribution in [2.24, 2.45) is 0 Å². The first-order valence-corrected chi connectivity index (χ1v) is 7.72. The fourth-order valence-corrected chi connectivity index (χ4v) is 2.70. The predicted molar refractivity (Wildman–Crippen MR) is 85.1 cm³/mol. The Kier molecular flexibility index (Phi) is 5.92. The molecule has 19 heavy (non-hydrogen) atoms. The predicted octanol–water partition coefficient (Wildman–Crippen LogP) is 3.72. The molecule has 0 radical (unpaired) electrons. The molecule has 0 unspecified atom stereocenters. The number of nitrogens with zero attached hydrogens (tertiary/aromatic N) is 1. The lowest BCUT2D eigenvalue weighted by Crippen LogP contribution is -2.23. The molecule has 0 spiro atoms. The largest absolute Gasteiger partial charge is 0.385 e. The first kappa shape index (κ1) is 14.1. The highest BCUT2D eigenvalue weighted by molar-refractivity contribution is 7.09. The van der Waals surface area contributed by atoms with Gasteiger partial charge >= 0.3 is 0 Å². The van der Waals surface area contributed by atoms with Gasteiger partial charge in [0.2, 0.25) is 0 Å². The Hall–Kier alpha value is -1.32. The van der Waals surface area contributed by atoms with Crippen LogP contribution in [0, 0.1) is 0 Å². The highest BCUT2D eigenvalue weighted by atomic mass is 32.1. The Balaban J connectivity index is 1.55. The summed E-state index contributed by atoms with van der Waals surface area (Å²) in [6.07, 6.45) is 2.34. The molecule has 0 aliphatic rings. The van der Waals surface area contributed by atoms with Crippen molar-refractivity contribution in [3.8, 4) is 0 Å². The molecular formula is C16H22N2S. The van der Waals surface area contributed by atoms with Crippen LogP contribution >= 0.6 is 11.3 Å². The first-order chi connectivity index (χ1) is 9.34. The Morgan fingerprint density at radius 1 is 1.05 bits per heavy atom. The second-order valence-corrected chi connectivity index (χ2v) is 5.81. The van der Waals surface area contributed by atoms with Crippen LogP contribution < -0.4 is 5.32 Å². The normalized spacial score (nSPS) is 10.8. The fourth-order valence-electron chi connectivity index (χ4n) is 2.01. The van der Waals surface area contributed by atoms with Crippen LogP contribution in [-0.4, -0.2) is 31.6 Å². The summed E-state index contributed by atoms with van der Waals surface area (Å²) in [6, 6.07) is 14.7. The van der Waals surface area contributed by atoms with E-state index < -0.39 is 0 Å². The van der Waals surface area contributed by atoms with Gasteiger partial charge in [-0.25, -0.2) is 0 Å². The monoisotopic (exact) mass is 274 g/mol. The van der Waals surface area contributed by atoms with Gasteiger partial charge in [0.25, 0.3) is 0 Å². The topological polar surface area (TPSA) is 15.3 Å². The van der Waals surface area contributed by atoms with Crippen molar-refractivity contribution in [3.63, 3.8) is 0 Å². The molecule has 2 aromatic rings. The van der Waals surface area contributed by atoms with Gasteiger partial charge in [-0.05, 0) is 50.0 Å². The zero-order valence-corrected chi connectivity index (χ0v) is 12.3. The van der Waals surface area contributed by atoms with E-state index in [1.54, 1.807) is 0 Å². The molecule has 0 fully saturated rings. The maximum Gasteiger partial charge on any atom is 0.0340 e. The van der Waals surface area contributed by atoms with E-state index in [0.29, 0.717) is 0 Å². The molecule has 1 aromatic carbocycles. The molecule has 1 N–H and O–H groups in total. The zero-order valence-electron chi connectivity index (χ0n) is 11.5. The number of rotatable bonds is 8. The van der Waals surface area contributed by atoms with E-state index in [9.17, 15) is 0 Å². The third-order valence-electron chi connectivity index (χ3n) is 3.14. The van der Waals surface area contributed by atoms with E-state index in [2.05, 4.69) is 59.0 Å². The van der Waals surface area contributed by atoms with Gasteiger partial charge in [-0.1, -0.05) is 24.3 Å². The molecule has 0 aliphatic heterocycles. The van der Waals surface area contributed by atoms with E-state index in [0.717, 1.165) is 19.6 Å². The van der Waals surface area contributed by atoms with Gasteiger partial charge < -0.3 is 10.2 Å².